The van der Waals surface area contributed by atoms with Crippen LogP contribution in [0.3, 0.4) is 0 Å². The molecule has 0 heterocycles. The van der Waals surface area contributed by atoms with E-state index in [1.54, 1.807) is 11.1 Å². The van der Waals surface area contributed by atoms with E-state index in [2.05, 4.69) is 52.8 Å². The highest BCUT2D eigenvalue weighted by Crippen LogP contribution is 2.40. The lowest BCUT2D eigenvalue weighted by Crippen LogP contribution is -2.19. The minimum absolute atomic E-state index is 0.323. The average molecular weight is 445 g/mol. The molecule has 0 N–H and O–H groups in total. The number of unbranched alkanes of at least 4 members (excludes halogenated alkanes) is 13. The van der Waals surface area contributed by atoms with Crippen LogP contribution in [0.4, 0.5) is 0 Å². The van der Waals surface area contributed by atoms with Crippen molar-refractivity contribution in [2.75, 3.05) is 13.2 Å². The van der Waals surface area contributed by atoms with E-state index in [-0.39, 0.29) is 0 Å². The lowest BCUT2D eigenvalue weighted by Gasteiger charge is -2.32. The minimum atomic E-state index is 0.323. The summed E-state index contributed by atoms with van der Waals surface area (Å²) in [5, 5.41) is 0. The zero-order chi connectivity index (χ0) is 23.5. The van der Waals surface area contributed by atoms with Gasteiger partial charge in [-0.3, -0.25) is 0 Å². The molecular weight excluding hydrogens is 388 g/mol. The Labute approximate surface area is 202 Å². The molecule has 0 aromatic carbocycles. The summed E-state index contributed by atoms with van der Waals surface area (Å²) in [5.74, 6) is 0. The monoisotopic (exact) mass is 444 g/mol. The van der Waals surface area contributed by atoms with E-state index in [4.69, 9.17) is 4.74 Å². The molecular formula is C31H56O. The first kappa shape index (κ1) is 29.2. The van der Waals surface area contributed by atoms with Gasteiger partial charge in [-0.2, -0.15) is 0 Å². The van der Waals surface area contributed by atoms with Crippen molar-refractivity contribution in [3.63, 3.8) is 0 Å². The first-order valence-electron chi connectivity index (χ1n) is 14.1. The smallest absolute Gasteiger partial charge is 0.0653 e. The molecule has 0 saturated carbocycles. The van der Waals surface area contributed by atoms with Crippen LogP contribution in [0.5, 0.6) is 0 Å². The van der Waals surface area contributed by atoms with Crippen LogP contribution in [0, 0.1) is 5.41 Å². The number of hydrogen-bond acceptors (Lipinski definition) is 1. The number of allylic oxidation sites excluding steroid dienone is 5. The average Bonchev–Trinajstić information content (AvgIpc) is 2.75. The Morgan fingerprint density at radius 1 is 0.844 bits per heavy atom. The van der Waals surface area contributed by atoms with Crippen molar-refractivity contribution >= 4 is 0 Å². The summed E-state index contributed by atoms with van der Waals surface area (Å²) < 4.78 is 5.84. The third-order valence-electron chi connectivity index (χ3n) is 7.22. The van der Waals surface area contributed by atoms with Crippen molar-refractivity contribution < 1.29 is 4.74 Å². The molecule has 32 heavy (non-hydrogen) atoms. The van der Waals surface area contributed by atoms with Gasteiger partial charge >= 0.3 is 0 Å². The van der Waals surface area contributed by atoms with Gasteiger partial charge in [0, 0.05) is 6.61 Å². The van der Waals surface area contributed by atoms with Crippen molar-refractivity contribution in [1.29, 1.82) is 0 Å². The lowest BCUT2D eigenvalue weighted by molar-refractivity contribution is 0.157. The third kappa shape index (κ3) is 14.4. The molecule has 1 aliphatic carbocycles. The highest BCUT2D eigenvalue weighted by molar-refractivity contribution is 5.35. The zero-order valence-electron chi connectivity index (χ0n) is 22.6. The van der Waals surface area contributed by atoms with E-state index in [0.29, 0.717) is 5.41 Å². The molecule has 1 aliphatic rings. The second kappa shape index (κ2) is 18.6. The molecule has 1 nitrogen and oxygen atoms in total. The maximum Gasteiger partial charge on any atom is 0.0653 e. The highest BCUT2D eigenvalue weighted by Gasteiger charge is 2.26. The fourth-order valence-corrected chi connectivity index (χ4v) is 4.97. The Morgan fingerprint density at radius 3 is 1.91 bits per heavy atom. The number of rotatable bonds is 19. The van der Waals surface area contributed by atoms with E-state index >= 15 is 0 Å². The molecule has 0 saturated heterocycles. The van der Waals surface area contributed by atoms with Gasteiger partial charge in [0.15, 0.2) is 0 Å². The van der Waals surface area contributed by atoms with Gasteiger partial charge in [0.1, 0.15) is 0 Å². The Kier molecular flexibility index (Phi) is 17.0. The Bertz CT molecular complexity index is 549. The fraction of sp³-hybridized carbons (Fsp3) is 0.806. The molecule has 0 atom stereocenters. The van der Waals surface area contributed by atoms with Gasteiger partial charge in [-0.1, -0.05) is 134 Å². The van der Waals surface area contributed by atoms with Crippen molar-refractivity contribution in [1.82, 2.24) is 0 Å². The first-order chi connectivity index (χ1) is 15.5. The second-order valence-electron chi connectivity index (χ2n) is 10.9. The van der Waals surface area contributed by atoms with Gasteiger partial charge in [0.05, 0.1) is 6.61 Å². The highest BCUT2D eigenvalue weighted by atomic mass is 16.5. The molecule has 0 bridgehead atoms. The van der Waals surface area contributed by atoms with Gasteiger partial charge in [0.25, 0.3) is 0 Å². The summed E-state index contributed by atoms with van der Waals surface area (Å²) in [4.78, 5) is 0. The SMILES string of the molecule is CCCCCCCCCCCCCCCCOC/C=C(C)/C=C/C1=C(C)CCCC1(C)C. The Morgan fingerprint density at radius 2 is 1.38 bits per heavy atom. The normalized spacial score (nSPS) is 17.0. The lowest BCUT2D eigenvalue weighted by atomic mass is 9.72. The summed E-state index contributed by atoms with van der Waals surface area (Å²) in [6.07, 6.45) is 30.5. The third-order valence-corrected chi connectivity index (χ3v) is 7.22. The predicted molar refractivity (Wildman–Crippen MR) is 144 cm³/mol. The van der Waals surface area contributed by atoms with E-state index in [1.165, 1.54) is 115 Å². The summed E-state index contributed by atoms with van der Waals surface area (Å²) in [6, 6.07) is 0. The van der Waals surface area contributed by atoms with Gasteiger partial charge in [0.2, 0.25) is 0 Å². The quantitative estimate of drug-likeness (QED) is 0.142. The van der Waals surface area contributed by atoms with Crippen LogP contribution in [-0.4, -0.2) is 13.2 Å². The minimum Gasteiger partial charge on any atom is -0.377 e. The molecule has 1 heteroatoms. The number of hydrogen-bond donors (Lipinski definition) is 0. The predicted octanol–water partition coefficient (Wildman–Crippen LogP) is 10.5. The molecule has 0 radical (unpaired) electrons. The summed E-state index contributed by atoms with van der Waals surface area (Å²) in [7, 11) is 0. The topological polar surface area (TPSA) is 9.23 Å². The van der Waals surface area contributed by atoms with Crippen LogP contribution in [0.2, 0.25) is 0 Å². The fourth-order valence-electron chi connectivity index (χ4n) is 4.97. The van der Waals surface area contributed by atoms with Crippen molar-refractivity contribution in [2.24, 2.45) is 5.41 Å². The molecule has 0 aromatic rings. The molecule has 0 spiro atoms. The number of ether oxygens (including phenoxy) is 1. The van der Waals surface area contributed by atoms with E-state index in [9.17, 15) is 0 Å². The van der Waals surface area contributed by atoms with Gasteiger partial charge < -0.3 is 4.74 Å². The molecule has 1 rings (SSSR count). The van der Waals surface area contributed by atoms with Gasteiger partial charge in [-0.25, -0.2) is 0 Å². The van der Waals surface area contributed by atoms with Crippen molar-refractivity contribution in [2.45, 2.75) is 144 Å². The van der Waals surface area contributed by atoms with Crippen molar-refractivity contribution in [3.05, 3.63) is 34.9 Å². The Balaban J connectivity index is 1.95. The molecule has 0 aliphatic heterocycles. The van der Waals surface area contributed by atoms with Crippen molar-refractivity contribution in [3.8, 4) is 0 Å². The second-order valence-corrected chi connectivity index (χ2v) is 10.9. The van der Waals surface area contributed by atoms with Crippen LogP contribution in [0.25, 0.3) is 0 Å². The molecule has 0 aromatic heterocycles. The van der Waals surface area contributed by atoms with Crippen LogP contribution in [0.1, 0.15) is 144 Å². The summed E-state index contributed by atoms with van der Waals surface area (Å²) in [5.41, 5.74) is 4.75. The molecule has 0 amide bonds. The van der Waals surface area contributed by atoms with E-state index in [0.717, 1.165) is 13.2 Å². The van der Waals surface area contributed by atoms with Crippen LogP contribution in [-0.2, 0) is 4.74 Å². The first-order valence-corrected chi connectivity index (χ1v) is 14.1. The molecule has 186 valence electrons. The van der Waals surface area contributed by atoms with Crippen LogP contribution < -0.4 is 0 Å². The zero-order valence-corrected chi connectivity index (χ0v) is 22.6. The maximum atomic E-state index is 5.84. The molecule has 0 unspecified atom stereocenters. The van der Waals surface area contributed by atoms with Crippen LogP contribution in [0.15, 0.2) is 34.9 Å². The maximum absolute atomic E-state index is 5.84. The molecule has 0 fully saturated rings. The van der Waals surface area contributed by atoms with Gasteiger partial charge in [-0.15, -0.1) is 0 Å². The summed E-state index contributed by atoms with van der Waals surface area (Å²) in [6.45, 7) is 13.2. The van der Waals surface area contributed by atoms with Gasteiger partial charge in [-0.05, 0) is 50.5 Å². The Hall–Kier alpha value is -0.820. The largest absolute Gasteiger partial charge is 0.377 e. The summed E-state index contributed by atoms with van der Waals surface area (Å²) >= 11 is 0. The van der Waals surface area contributed by atoms with E-state index < -0.39 is 0 Å². The standard InChI is InChI=1S/C31H56O/c1-6-7-8-9-10-11-12-13-14-15-16-17-18-19-26-32-27-24-28(2)22-23-30-29(3)21-20-25-31(30,4)5/h22-24H,6-21,25-27H2,1-5H3/b23-22+,28-24+. The van der Waals surface area contributed by atoms with E-state index in [1.807, 2.05) is 0 Å². The van der Waals surface area contributed by atoms with Crippen LogP contribution >= 0.6 is 0 Å².